The monoisotopic (exact) mass is 311 g/mol. The summed E-state index contributed by atoms with van der Waals surface area (Å²) in [6, 6.07) is 3.70. The number of carbonyl (C=O) groups is 1. The number of esters is 1. The lowest BCUT2D eigenvalue weighted by molar-refractivity contribution is -0.140. The number of pyridine rings is 1. The summed E-state index contributed by atoms with van der Waals surface area (Å²) in [6.07, 6.45) is 0.257. The standard InChI is InChI=1S/C14H21N3O3S/c1-10-4-5-11(13(15)21)14(16-10)17(8-9-19-2)7-6-12(18)20-3/h4-5H,6-9H2,1-3H3,(H2,15,21). The molecule has 0 spiro atoms. The molecule has 0 saturated heterocycles. The second kappa shape index (κ2) is 8.53. The second-order valence-electron chi connectivity index (χ2n) is 4.49. The van der Waals surface area contributed by atoms with Crippen molar-refractivity contribution < 1.29 is 14.3 Å². The zero-order valence-electron chi connectivity index (χ0n) is 12.6. The third-order valence-corrected chi connectivity index (χ3v) is 3.18. The van der Waals surface area contributed by atoms with Crippen molar-refractivity contribution in [1.29, 1.82) is 0 Å². The Morgan fingerprint density at radius 3 is 2.67 bits per heavy atom. The second-order valence-corrected chi connectivity index (χ2v) is 4.93. The largest absolute Gasteiger partial charge is 0.469 e. The van der Waals surface area contributed by atoms with Crippen LogP contribution in [0.2, 0.25) is 0 Å². The van der Waals surface area contributed by atoms with Crippen molar-refractivity contribution in [2.24, 2.45) is 5.73 Å². The Balaban J connectivity index is 3.03. The number of thiocarbonyl (C=S) groups is 1. The van der Waals surface area contributed by atoms with Crippen LogP contribution >= 0.6 is 12.2 Å². The number of carbonyl (C=O) groups excluding carboxylic acids is 1. The molecule has 1 aromatic rings. The normalized spacial score (nSPS) is 10.2. The summed E-state index contributed by atoms with van der Waals surface area (Å²) in [7, 11) is 2.99. The maximum Gasteiger partial charge on any atom is 0.307 e. The number of hydrogen-bond donors (Lipinski definition) is 1. The highest BCUT2D eigenvalue weighted by Gasteiger charge is 2.16. The minimum absolute atomic E-state index is 0.257. The lowest BCUT2D eigenvalue weighted by Crippen LogP contribution is -2.32. The third kappa shape index (κ3) is 5.28. The predicted molar refractivity (Wildman–Crippen MR) is 85.6 cm³/mol. The van der Waals surface area contributed by atoms with Gasteiger partial charge in [0.05, 0.1) is 25.7 Å². The molecule has 0 aromatic carbocycles. The smallest absolute Gasteiger partial charge is 0.307 e. The van der Waals surface area contributed by atoms with Gasteiger partial charge in [-0.15, -0.1) is 0 Å². The lowest BCUT2D eigenvalue weighted by atomic mass is 10.2. The Hall–Kier alpha value is -1.73. The van der Waals surface area contributed by atoms with Crippen molar-refractivity contribution in [3.8, 4) is 0 Å². The average molecular weight is 311 g/mol. The van der Waals surface area contributed by atoms with E-state index in [0.29, 0.717) is 31.1 Å². The van der Waals surface area contributed by atoms with Crippen LogP contribution in [0.1, 0.15) is 17.7 Å². The fraction of sp³-hybridized carbons (Fsp3) is 0.500. The topological polar surface area (TPSA) is 77.7 Å². The first-order valence-corrected chi connectivity index (χ1v) is 6.98. The first-order chi connectivity index (χ1) is 9.99. The van der Waals surface area contributed by atoms with Crippen LogP contribution in [-0.4, -0.2) is 49.9 Å². The van der Waals surface area contributed by atoms with Crippen molar-refractivity contribution in [1.82, 2.24) is 4.98 Å². The van der Waals surface area contributed by atoms with E-state index in [9.17, 15) is 4.79 Å². The molecule has 21 heavy (non-hydrogen) atoms. The van der Waals surface area contributed by atoms with E-state index in [1.807, 2.05) is 24.0 Å². The van der Waals surface area contributed by atoms with Crippen LogP contribution < -0.4 is 10.6 Å². The molecule has 0 amide bonds. The highest BCUT2D eigenvalue weighted by atomic mass is 32.1. The zero-order valence-corrected chi connectivity index (χ0v) is 13.4. The van der Waals surface area contributed by atoms with Crippen molar-refractivity contribution in [2.75, 3.05) is 38.8 Å². The molecule has 0 bridgehead atoms. The van der Waals surface area contributed by atoms with Gasteiger partial charge in [-0.3, -0.25) is 4.79 Å². The molecule has 0 aliphatic heterocycles. The van der Waals surface area contributed by atoms with E-state index < -0.39 is 0 Å². The summed E-state index contributed by atoms with van der Waals surface area (Å²) >= 11 is 5.07. The van der Waals surface area contributed by atoms with Gasteiger partial charge < -0.3 is 20.1 Å². The fourth-order valence-electron chi connectivity index (χ4n) is 1.83. The van der Waals surface area contributed by atoms with Gasteiger partial charge in [0.2, 0.25) is 0 Å². The van der Waals surface area contributed by atoms with Crippen molar-refractivity contribution in [3.63, 3.8) is 0 Å². The van der Waals surface area contributed by atoms with Crippen molar-refractivity contribution >= 4 is 29.0 Å². The van der Waals surface area contributed by atoms with Crippen LogP contribution in [0.4, 0.5) is 5.82 Å². The van der Waals surface area contributed by atoms with Gasteiger partial charge in [-0.05, 0) is 19.1 Å². The molecule has 0 aliphatic carbocycles. The number of rotatable bonds is 8. The fourth-order valence-corrected chi connectivity index (χ4v) is 1.99. The van der Waals surface area contributed by atoms with Crippen LogP contribution in [0.5, 0.6) is 0 Å². The van der Waals surface area contributed by atoms with Crippen LogP contribution in [0.15, 0.2) is 12.1 Å². The molecule has 116 valence electrons. The Morgan fingerprint density at radius 1 is 1.38 bits per heavy atom. The molecule has 2 N–H and O–H groups in total. The van der Waals surface area contributed by atoms with Gasteiger partial charge >= 0.3 is 5.97 Å². The molecule has 1 heterocycles. The summed E-state index contributed by atoms with van der Waals surface area (Å²) in [5.41, 5.74) is 7.30. The predicted octanol–water partition coefficient (Wildman–Crippen LogP) is 1.04. The minimum Gasteiger partial charge on any atom is -0.469 e. The maximum absolute atomic E-state index is 11.4. The Labute approximate surface area is 130 Å². The first kappa shape index (κ1) is 17.3. The van der Waals surface area contributed by atoms with Crippen molar-refractivity contribution in [2.45, 2.75) is 13.3 Å². The lowest BCUT2D eigenvalue weighted by Gasteiger charge is -2.25. The average Bonchev–Trinajstić information content (AvgIpc) is 2.46. The SMILES string of the molecule is COCCN(CCC(=O)OC)c1nc(C)ccc1C(N)=S. The van der Waals surface area contributed by atoms with Gasteiger partial charge in [0, 0.05) is 25.9 Å². The van der Waals surface area contributed by atoms with E-state index in [2.05, 4.69) is 9.72 Å². The molecule has 7 heteroatoms. The molecule has 1 aromatic heterocycles. The molecule has 0 aliphatic rings. The van der Waals surface area contributed by atoms with Gasteiger partial charge in [-0.2, -0.15) is 0 Å². The van der Waals surface area contributed by atoms with Gasteiger partial charge in [0.15, 0.2) is 0 Å². The molecular formula is C14H21N3O3S. The number of nitrogens with zero attached hydrogens (tertiary/aromatic N) is 2. The van der Waals surface area contributed by atoms with Gasteiger partial charge in [0.25, 0.3) is 0 Å². The van der Waals surface area contributed by atoms with Crippen LogP contribution in [0.3, 0.4) is 0 Å². The molecule has 0 saturated carbocycles. The van der Waals surface area contributed by atoms with E-state index in [1.165, 1.54) is 7.11 Å². The molecule has 0 fully saturated rings. The van der Waals surface area contributed by atoms with E-state index in [4.69, 9.17) is 22.7 Å². The zero-order chi connectivity index (χ0) is 15.8. The van der Waals surface area contributed by atoms with E-state index in [1.54, 1.807) is 7.11 Å². The summed E-state index contributed by atoms with van der Waals surface area (Å²) in [4.78, 5) is 18.1. The van der Waals surface area contributed by atoms with Crippen LogP contribution in [0, 0.1) is 6.92 Å². The number of anilines is 1. The maximum atomic E-state index is 11.4. The van der Waals surface area contributed by atoms with E-state index >= 15 is 0 Å². The molecule has 0 radical (unpaired) electrons. The summed E-state index contributed by atoms with van der Waals surface area (Å²) in [5.74, 6) is 0.394. The van der Waals surface area contributed by atoms with Gasteiger partial charge in [-0.25, -0.2) is 4.98 Å². The summed E-state index contributed by atoms with van der Waals surface area (Å²) < 4.78 is 9.78. The molecule has 0 atom stereocenters. The first-order valence-electron chi connectivity index (χ1n) is 6.57. The van der Waals surface area contributed by atoms with Crippen LogP contribution in [-0.2, 0) is 14.3 Å². The summed E-state index contributed by atoms with van der Waals surface area (Å²) in [5, 5.41) is 0. The Bertz CT molecular complexity index is 508. The highest BCUT2D eigenvalue weighted by Crippen LogP contribution is 2.19. The number of methoxy groups -OCH3 is 2. The number of hydrogen-bond acceptors (Lipinski definition) is 6. The Kier molecular flexibility index (Phi) is 7.04. The molecular weight excluding hydrogens is 290 g/mol. The number of aryl methyl sites for hydroxylation is 1. The van der Waals surface area contributed by atoms with Gasteiger partial charge in [-0.1, -0.05) is 12.2 Å². The highest BCUT2D eigenvalue weighted by molar-refractivity contribution is 7.80. The van der Waals surface area contributed by atoms with E-state index in [-0.39, 0.29) is 17.4 Å². The van der Waals surface area contributed by atoms with Crippen LogP contribution in [0.25, 0.3) is 0 Å². The number of nitrogens with two attached hydrogens (primary N) is 1. The quantitative estimate of drug-likeness (QED) is 0.567. The number of aromatic nitrogens is 1. The summed E-state index contributed by atoms with van der Waals surface area (Å²) in [6.45, 7) is 3.44. The van der Waals surface area contributed by atoms with E-state index in [0.717, 1.165) is 5.69 Å². The molecule has 1 rings (SSSR count). The van der Waals surface area contributed by atoms with Gasteiger partial charge in [0.1, 0.15) is 10.8 Å². The number of ether oxygens (including phenoxy) is 2. The van der Waals surface area contributed by atoms with Crippen molar-refractivity contribution in [3.05, 3.63) is 23.4 Å². The molecule has 6 nitrogen and oxygen atoms in total. The Morgan fingerprint density at radius 2 is 2.10 bits per heavy atom. The molecule has 0 unspecified atom stereocenters. The minimum atomic E-state index is -0.276. The third-order valence-electron chi connectivity index (χ3n) is 2.96.